The van der Waals surface area contributed by atoms with Crippen molar-refractivity contribution in [2.75, 3.05) is 6.26 Å². The van der Waals surface area contributed by atoms with E-state index < -0.39 is 25.3 Å². The van der Waals surface area contributed by atoms with Crippen molar-refractivity contribution in [3.8, 4) is 5.75 Å². The Morgan fingerprint density at radius 2 is 2.00 bits per heavy atom. The van der Waals surface area contributed by atoms with Crippen LogP contribution < -0.4 is 0 Å². The second kappa shape index (κ2) is 3.26. The number of nitrogens with zero attached hydrogens (tertiary/aromatic N) is 1. The summed E-state index contributed by atoms with van der Waals surface area (Å²) in [5.41, 5.74) is -0.537. The number of rotatable bonds is 2. The molecule has 0 aliphatic heterocycles. The summed E-state index contributed by atoms with van der Waals surface area (Å²) in [5, 5.41) is 19.4. The van der Waals surface area contributed by atoms with Gasteiger partial charge in [0.1, 0.15) is 10.6 Å². The molecule has 0 amide bonds. The van der Waals surface area contributed by atoms with Gasteiger partial charge in [-0.15, -0.1) is 0 Å². The molecule has 0 saturated carbocycles. The SMILES string of the molecule is CS(=O)(=O)c1cc(O)ccc1[N+](=O)[O-]. The first-order chi connectivity index (χ1) is 6.32. The van der Waals surface area contributed by atoms with Crippen LogP contribution in [-0.2, 0) is 9.84 Å². The number of nitro benzene ring substituents is 1. The highest BCUT2D eigenvalue weighted by Gasteiger charge is 2.22. The van der Waals surface area contributed by atoms with Crippen molar-refractivity contribution in [1.82, 2.24) is 0 Å². The molecule has 0 atom stereocenters. The van der Waals surface area contributed by atoms with Crippen LogP contribution in [0.2, 0.25) is 0 Å². The summed E-state index contributed by atoms with van der Waals surface area (Å²) < 4.78 is 22.2. The molecule has 0 radical (unpaired) electrons. The Kier molecular flexibility index (Phi) is 2.43. The van der Waals surface area contributed by atoms with Gasteiger partial charge in [0.05, 0.1) is 4.92 Å². The first-order valence-corrected chi connectivity index (χ1v) is 5.39. The zero-order valence-corrected chi connectivity index (χ0v) is 7.98. The fourth-order valence-electron chi connectivity index (χ4n) is 0.951. The molecule has 0 saturated heterocycles. The minimum Gasteiger partial charge on any atom is -0.508 e. The van der Waals surface area contributed by atoms with Crippen molar-refractivity contribution in [3.63, 3.8) is 0 Å². The van der Waals surface area contributed by atoms with Gasteiger partial charge in [-0.05, 0) is 6.07 Å². The van der Waals surface area contributed by atoms with Crippen LogP contribution in [0.4, 0.5) is 5.69 Å². The van der Waals surface area contributed by atoms with Gasteiger partial charge in [-0.3, -0.25) is 10.1 Å². The summed E-state index contributed by atoms with van der Waals surface area (Å²) in [5.74, 6) is -0.323. The molecule has 0 heterocycles. The lowest BCUT2D eigenvalue weighted by molar-refractivity contribution is -0.387. The number of benzene rings is 1. The third-order valence-corrected chi connectivity index (χ3v) is 2.67. The van der Waals surface area contributed by atoms with Crippen molar-refractivity contribution in [1.29, 1.82) is 0 Å². The maximum absolute atomic E-state index is 11.1. The van der Waals surface area contributed by atoms with E-state index in [9.17, 15) is 18.5 Å². The number of phenolic OH excluding ortho intramolecular Hbond substituents is 1. The van der Waals surface area contributed by atoms with E-state index in [1.54, 1.807) is 0 Å². The summed E-state index contributed by atoms with van der Waals surface area (Å²) in [7, 11) is -3.70. The summed E-state index contributed by atoms with van der Waals surface area (Å²) in [6.45, 7) is 0. The van der Waals surface area contributed by atoms with Gasteiger partial charge in [-0.2, -0.15) is 0 Å². The monoisotopic (exact) mass is 217 g/mol. The molecule has 0 unspecified atom stereocenters. The predicted octanol–water partition coefficient (Wildman–Crippen LogP) is 0.704. The van der Waals surface area contributed by atoms with E-state index in [1.807, 2.05) is 0 Å². The lowest BCUT2D eigenvalue weighted by atomic mass is 10.3. The molecular formula is C7H7NO5S. The van der Waals surface area contributed by atoms with Crippen molar-refractivity contribution < 1.29 is 18.4 Å². The molecule has 76 valence electrons. The normalized spacial score (nSPS) is 11.2. The third-order valence-electron chi connectivity index (χ3n) is 1.54. The molecule has 7 heteroatoms. The Hall–Kier alpha value is -1.63. The summed E-state index contributed by atoms with van der Waals surface area (Å²) in [4.78, 5) is 9.15. The smallest absolute Gasteiger partial charge is 0.288 e. The first kappa shape index (κ1) is 10.5. The molecule has 14 heavy (non-hydrogen) atoms. The molecule has 6 nitrogen and oxygen atoms in total. The van der Waals surface area contributed by atoms with Crippen LogP contribution in [0.1, 0.15) is 0 Å². The second-order valence-electron chi connectivity index (χ2n) is 2.68. The van der Waals surface area contributed by atoms with Crippen LogP contribution in [0.3, 0.4) is 0 Å². The highest BCUT2D eigenvalue weighted by molar-refractivity contribution is 7.90. The van der Waals surface area contributed by atoms with Gasteiger partial charge in [0.25, 0.3) is 5.69 Å². The van der Waals surface area contributed by atoms with Crippen LogP contribution in [0.5, 0.6) is 5.75 Å². The molecule has 0 bridgehead atoms. The third kappa shape index (κ3) is 1.99. The number of nitro groups is 1. The number of hydrogen-bond acceptors (Lipinski definition) is 5. The van der Waals surface area contributed by atoms with Crippen LogP contribution in [-0.4, -0.2) is 24.7 Å². The fraction of sp³-hybridized carbons (Fsp3) is 0.143. The quantitative estimate of drug-likeness (QED) is 0.581. The second-order valence-corrected chi connectivity index (χ2v) is 4.67. The minimum absolute atomic E-state index is 0.323. The van der Waals surface area contributed by atoms with Gasteiger partial charge in [-0.25, -0.2) is 8.42 Å². The zero-order valence-electron chi connectivity index (χ0n) is 7.17. The highest BCUT2D eigenvalue weighted by atomic mass is 32.2. The molecule has 0 aliphatic carbocycles. The van der Waals surface area contributed by atoms with Crippen molar-refractivity contribution in [2.45, 2.75) is 4.90 Å². The van der Waals surface area contributed by atoms with Crippen molar-refractivity contribution in [2.24, 2.45) is 0 Å². The molecule has 1 N–H and O–H groups in total. The molecule has 0 aromatic heterocycles. The van der Waals surface area contributed by atoms with E-state index >= 15 is 0 Å². The van der Waals surface area contributed by atoms with E-state index in [4.69, 9.17) is 5.11 Å². The summed E-state index contributed by atoms with van der Waals surface area (Å²) >= 11 is 0. The average molecular weight is 217 g/mol. The molecule has 1 rings (SSSR count). The largest absolute Gasteiger partial charge is 0.508 e. The van der Waals surface area contributed by atoms with Crippen LogP contribution in [0, 0.1) is 10.1 Å². The molecule has 1 aromatic rings. The van der Waals surface area contributed by atoms with E-state index in [2.05, 4.69) is 0 Å². The Bertz CT molecular complexity index is 479. The van der Waals surface area contributed by atoms with E-state index in [1.165, 1.54) is 0 Å². The molecule has 0 fully saturated rings. The standard InChI is InChI=1S/C7H7NO5S/c1-14(12,13)7-4-5(9)2-3-6(7)8(10)11/h2-4,9H,1H3. The van der Waals surface area contributed by atoms with Crippen molar-refractivity contribution >= 4 is 15.5 Å². The fourth-order valence-corrected chi connectivity index (χ4v) is 1.81. The predicted molar refractivity (Wildman–Crippen MR) is 47.9 cm³/mol. The summed E-state index contributed by atoms with van der Waals surface area (Å²) in [6.07, 6.45) is 0.842. The Morgan fingerprint density at radius 3 is 2.43 bits per heavy atom. The Morgan fingerprint density at radius 1 is 1.43 bits per heavy atom. The van der Waals surface area contributed by atoms with Gasteiger partial charge >= 0.3 is 0 Å². The maximum atomic E-state index is 11.1. The van der Waals surface area contributed by atoms with Gasteiger partial charge in [0.15, 0.2) is 9.84 Å². The minimum atomic E-state index is -3.70. The molecule has 0 spiro atoms. The molecule has 1 aromatic carbocycles. The maximum Gasteiger partial charge on any atom is 0.288 e. The number of phenols is 1. The first-order valence-electron chi connectivity index (χ1n) is 3.50. The van der Waals surface area contributed by atoms with Crippen molar-refractivity contribution in [3.05, 3.63) is 28.3 Å². The molecule has 0 aliphatic rings. The lowest BCUT2D eigenvalue weighted by Crippen LogP contribution is -2.02. The Labute approximate surface area is 79.9 Å². The molecular weight excluding hydrogens is 210 g/mol. The Balaban J connectivity index is 3.54. The number of aromatic hydroxyl groups is 1. The van der Waals surface area contributed by atoms with Gasteiger partial charge in [-0.1, -0.05) is 0 Å². The summed E-state index contributed by atoms with van der Waals surface area (Å²) in [6, 6.07) is 2.87. The number of hydrogen-bond donors (Lipinski definition) is 1. The zero-order chi connectivity index (χ0) is 10.9. The topological polar surface area (TPSA) is 97.5 Å². The van der Waals surface area contributed by atoms with Gasteiger partial charge in [0.2, 0.25) is 0 Å². The average Bonchev–Trinajstić information content (AvgIpc) is 2.01. The van der Waals surface area contributed by atoms with Crippen LogP contribution in [0.15, 0.2) is 23.1 Å². The number of sulfone groups is 1. The lowest BCUT2D eigenvalue weighted by Gasteiger charge is -2.00. The van der Waals surface area contributed by atoms with Crippen LogP contribution >= 0.6 is 0 Å². The van der Waals surface area contributed by atoms with E-state index in [0.717, 1.165) is 24.5 Å². The highest BCUT2D eigenvalue weighted by Crippen LogP contribution is 2.27. The van der Waals surface area contributed by atoms with E-state index in [-0.39, 0.29) is 5.75 Å². The van der Waals surface area contributed by atoms with Gasteiger partial charge < -0.3 is 5.11 Å². The van der Waals surface area contributed by atoms with E-state index in [0.29, 0.717) is 0 Å². The van der Waals surface area contributed by atoms with Crippen LogP contribution in [0.25, 0.3) is 0 Å². The van der Waals surface area contributed by atoms with Gasteiger partial charge in [0, 0.05) is 18.4 Å².